The fourth-order valence-electron chi connectivity index (χ4n) is 3.12. The quantitative estimate of drug-likeness (QED) is 0.619. The van der Waals surface area contributed by atoms with Crippen LogP contribution in [0.25, 0.3) is 0 Å². The summed E-state index contributed by atoms with van der Waals surface area (Å²) in [6, 6.07) is 6.98. The van der Waals surface area contributed by atoms with Gasteiger partial charge in [0.25, 0.3) is 0 Å². The van der Waals surface area contributed by atoms with Crippen molar-refractivity contribution in [2.45, 2.75) is 52.5 Å². The van der Waals surface area contributed by atoms with E-state index in [2.05, 4.69) is 44.4 Å². The molecule has 0 amide bonds. The van der Waals surface area contributed by atoms with Gasteiger partial charge in [-0.3, -0.25) is 11.3 Å². The van der Waals surface area contributed by atoms with Crippen LogP contribution in [0.3, 0.4) is 0 Å². The number of rotatable bonds is 3. The molecule has 0 radical (unpaired) electrons. The maximum Gasteiger partial charge on any atom is 0.0513 e. The van der Waals surface area contributed by atoms with E-state index < -0.39 is 0 Å². The molecule has 1 aromatic carbocycles. The second-order valence-electron chi connectivity index (χ2n) is 5.80. The highest BCUT2D eigenvalue weighted by atomic mass is 15.2. The highest BCUT2D eigenvalue weighted by Gasteiger charge is 2.37. The molecular weight excluding hydrogens is 208 g/mol. The van der Waals surface area contributed by atoms with Crippen molar-refractivity contribution in [3.8, 4) is 0 Å². The van der Waals surface area contributed by atoms with Crippen LogP contribution in [-0.2, 0) is 0 Å². The van der Waals surface area contributed by atoms with Gasteiger partial charge >= 0.3 is 0 Å². The van der Waals surface area contributed by atoms with E-state index in [0.29, 0.717) is 5.41 Å². The van der Waals surface area contributed by atoms with Crippen molar-refractivity contribution in [3.05, 3.63) is 34.9 Å². The van der Waals surface area contributed by atoms with Gasteiger partial charge in [0.05, 0.1) is 6.04 Å². The molecule has 0 aromatic heterocycles. The molecule has 3 N–H and O–H groups in total. The maximum atomic E-state index is 5.81. The number of nitrogens with one attached hydrogen (secondary N) is 1. The Balaban J connectivity index is 2.31. The molecule has 1 aliphatic carbocycles. The van der Waals surface area contributed by atoms with Gasteiger partial charge in [-0.05, 0) is 48.8 Å². The Labute approximate surface area is 105 Å². The second-order valence-corrected chi connectivity index (χ2v) is 5.80. The van der Waals surface area contributed by atoms with E-state index in [-0.39, 0.29) is 6.04 Å². The lowest BCUT2D eigenvalue weighted by Crippen LogP contribution is -2.38. The van der Waals surface area contributed by atoms with Crippen molar-refractivity contribution in [3.63, 3.8) is 0 Å². The van der Waals surface area contributed by atoms with Crippen molar-refractivity contribution >= 4 is 0 Å². The molecule has 1 aliphatic rings. The first-order chi connectivity index (χ1) is 8.07. The number of nitrogens with two attached hydrogens (primary N) is 1. The predicted molar refractivity (Wildman–Crippen MR) is 72.6 cm³/mol. The first-order valence-electron chi connectivity index (χ1n) is 6.60. The van der Waals surface area contributed by atoms with Crippen molar-refractivity contribution in [2.75, 3.05) is 0 Å². The Kier molecular flexibility index (Phi) is 3.55. The molecule has 1 saturated carbocycles. The van der Waals surface area contributed by atoms with Gasteiger partial charge in [-0.2, -0.15) is 0 Å². The second kappa shape index (κ2) is 4.79. The molecule has 17 heavy (non-hydrogen) atoms. The van der Waals surface area contributed by atoms with Crippen LogP contribution in [0, 0.1) is 19.3 Å². The normalized spacial score (nSPS) is 20.5. The Hall–Kier alpha value is -0.860. The molecule has 1 atom stereocenters. The number of hydrogen-bond acceptors (Lipinski definition) is 2. The Morgan fingerprint density at radius 2 is 1.82 bits per heavy atom. The van der Waals surface area contributed by atoms with Crippen molar-refractivity contribution in [1.82, 2.24) is 5.43 Å². The van der Waals surface area contributed by atoms with Gasteiger partial charge in [0.1, 0.15) is 0 Å². The molecule has 2 heteroatoms. The molecule has 0 aliphatic heterocycles. The van der Waals surface area contributed by atoms with Crippen LogP contribution in [0.1, 0.15) is 55.3 Å². The molecular formula is C15H24N2. The predicted octanol–water partition coefficient (Wildman–Crippen LogP) is 3.39. The fourth-order valence-corrected chi connectivity index (χ4v) is 3.12. The molecule has 1 unspecified atom stereocenters. The lowest BCUT2D eigenvalue weighted by molar-refractivity contribution is 0.225. The van der Waals surface area contributed by atoms with Crippen LogP contribution in [-0.4, -0.2) is 0 Å². The Morgan fingerprint density at radius 3 is 2.35 bits per heavy atom. The third kappa shape index (κ3) is 2.38. The summed E-state index contributed by atoms with van der Waals surface area (Å²) in [6.07, 6.45) is 5.21. The van der Waals surface area contributed by atoms with Gasteiger partial charge in [-0.1, -0.05) is 38.0 Å². The van der Waals surface area contributed by atoms with Crippen LogP contribution >= 0.6 is 0 Å². The molecule has 94 valence electrons. The van der Waals surface area contributed by atoms with Crippen LogP contribution < -0.4 is 11.3 Å². The van der Waals surface area contributed by atoms with Gasteiger partial charge in [0, 0.05) is 0 Å². The average Bonchev–Trinajstić information content (AvgIpc) is 2.72. The minimum absolute atomic E-state index is 0.282. The third-order valence-electron chi connectivity index (χ3n) is 4.47. The molecule has 1 aromatic rings. The van der Waals surface area contributed by atoms with Crippen molar-refractivity contribution in [1.29, 1.82) is 0 Å². The zero-order valence-electron chi connectivity index (χ0n) is 11.2. The first kappa shape index (κ1) is 12.6. The molecule has 0 bridgehead atoms. The SMILES string of the molecule is Cc1ccc(C(NN)C2(C)CCCC2)cc1C. The molecule has 1 fully saturated rings. The van der Waals surface area contributed by atoms with E-state index >= 15 is 0 Å². The summed E-state index contributed by atoms with van der Waals surface area (Å²) in [4.78, 5) is 0. The smallest absolute Gasteiger partial charge is 0.0513 e. The monoisotopic (exact) mass is 232 g/mol. The van der Waals surface area contributed by atoms with Gasteiger partial charge < -0.3 is 0 Å². The minimum Gasteiger partial charge on any atom is -0.271 e. The Bertz CT molecular complexity index is 392. The third-order valence-corrected chi connectivity index (χ3v) is 4.47. The number of hydrazine groups is 1. The summed E-state index contributed by atoms with van der Waals surface area (Å²) in [5, 5.41) is 0. The van der Waals surface area contributed by atoms with Crippen LogP contribution in [0.4, 0.5) is 0 Å². The average molecular weight is 232 g/mol. The zero-order chi connectivity index (χ0) is 12.5. The molecule has 2 rings (SSSR count). The number of benzene rings is 1. The van der Waals surface area contributed by atoms with E-state index in [9.17, 15) is 0 Å². The minimum atomic E-state index is 0.282. The zero-order valence-corrected chi connectivity index (χ0v) is 11.2. The fraction of sp³-hybridized carbons (Fsp3) is 0.600. The van der Waals surface area contributed by atoms with E-state index in [0.717, 1.165) is 0 Å². The van der Waals surface area contributed by atoms with Crippen LogP contribution in [0.2, 0.25) is 0 Å². The maximum absolute atomic E-state index is 5.81. The van der Waals surface area contributed by atoms with Crippen molar-refractivity contribution < 1.29 is 0 Å². The number of aryl methyl sites for hydroxylation is 2. The highest BCUT2D eigenvalue weighted by Crippen LogP contribution is 2.46. The number of hydrogen-bond donors (Lipinski definition) is 2. The summed E-state index contributed by atoms with van der Waals surface area (Å²) >= 11 is 0. The molecule has 2 nitrogen and oxygen atoms in total. The lowest BCUT2D eigenvalue weighted by atomic mass is 9.77. The molecule has 0 heterocycles. The van der Waals surface area contributed by atoms with E-state index in [4.69, 9.17) is 5.84 Å². The van der Waals surface area contributed by atoms with Crippen LogP contribution in [0.5, 0.6) is 0 Å². The summed E-state index contributed by atoms with van der Waals surface area (Å²) in [7, 11) is 0. The first-order valence-corrected chi connectivity index (χ1v) is 6.60. The van der Waals surface area contributed by atoms with E-state index in [1.54, 1.807) is 0 Å². The highest BCUT2D eigenvalue weighted by molar-refractivity contribution is 5.32. The van der Waals surface area contributed by atoms with Gasteiger partial charge in [0.2, 0.25) is 0 Å². The van der Waals surface area contributed by atoms with Gasteiger partial charge in [-0.15, -0.1) is 0 Å². The van der Waals surface area contributed by atoms with Gasteiger partial charge in [0.15, 0.2) is 0 Å². The van der Waals surface area contributed by atoms with Crippen LogP contribution in [0.15, 0.2) is 18.2 Å². The largest absolute Gasteiger partial charge is 0.271 e. The standard InChI is InChI=1S/C15H24N2/c1-11-6-7-13(10-12(11)2)14(17-16)15(3)8-4-5-9-15/h6-7,10,14,17H,4-5,8-9,16H2,1-3H3. The molecule has 0 spiro atoms. The topological polar surface area (TPSA) is 38.0 Å². The summed E-state index contributed by atoms with van der Waals surface area (Å²) in [6.45, 7) is 6.68. The lowest BCUT2D eigenvalue weighted by Gasteiger charge is -2.34. The van der Waals surface area contributed by atoms with E-state index in [1.807, 2.05) is 0 Å². The molecule has 0 saturated heterocycles. The Morgan fingerprint density at radius 1 is 1.18 bits per heavy atom. The van der Waals surface area contributed by atoms with E-state index in [1.165, 1.54) is 42.4 Å². The summed E-state index contributed by atoms with van der Waals surface area (Å²) in [5.74, 6) is 5.81. The van der Waals surface area contributed by atoms with Crippen molar-refractivity contribution in [2.24, 2.45) is 11.3 Å². The summed E-state index contributed by atoms with van der Waals surface area (Å²) in [5.41, 5.74) is 7.40. The van der Waals surface area contributed by atoms with Gasteiger partial charge in [-0.25, -0.2) is 0 Å². The summed E-state index contributed by atoms with van der Waals surface area (Å²) < 4.78 is 0.